The minimum absolute atomic E-state index is 0. The van der Waals surface area contributed by atoms with Crippen LogP contribution in [0.3, 0.4) is 0 Å². The van der Waals surface area contributed by atoms with Crippen LogP contribution in [0.2, 0.25) is 20.6 Å². The number of rotatable bonds is 8. The fourth-order valence-corrected chi connectivity index (χ4v) is 16.8. The van der Waals surface area contributed by atoms with Gasteiger partial charge in [-0.15, -0.1) is 12.4 Å². The molecule has 4 aromatic heterocycles. The Morgan fingerprint density at radius 2 is 1.06 bits per heavy atom. The number of halogens is 7. The van der Waals surface area contributed by atoms with E-state index in [1.54, 1.807) is 30.6 Å². The molecule has 0 aromatic carbocycles. The molecule has 4 amide bonds. The predicted molar refractivity (Wildman–Crippen MR) is 321 cm³/mol. The highest BCUT2D eigenvalue weighted by molar-refractivity contribution is 6.31. The number of aliphatic carboxylic acids is 1. The number of Topliss-reactive ketones (excluding diaryl/α,β-unsaturated/α-hetero) is 1. The average molecular weight is 1290 g/mol. The summed E-state index contributed by atoms with van der Waals surface area (Å²) < 4.78 is 42.1. The normalized spacial score (nSPS) is 30.4. The van der Waals surface area contributed by atoms with Crippen molar-refractivity contribution in [1.82, 2.24) is 19.9 Å². The second kappa shape index (κ2) is 24.6. The number of aromatic nitrogens is 4. The molecule has 4 aliphatic heterocycles. The second-order valence-electron chi connectivity index (χ2n) is 26.3. The molecule has 4 spiro atoms. The third-order valence-electron chi connectivity index (χ3n) is 20.5. The number of carbonyl (C=O) groups is 6. The van der Waals surface area contributed by atoms with Gasteiger partial charge >= 0.3 is 5.97 Å². The summed E-state index contributed by atoms with van der Waals surface area (Å²) in [6, 6.07) is 6.28. The van der Waals surface area contributed by atoms with Gasteiger partial charge in [-0.2, -0.15) is 0 Å². The van der Waals surface area contributed by atoms with E-state index in [0.717, 1.165) is 32.1 Å². The first kappa shape index (κ1) is 65.3. The van der Waals surface area contributed by atoms with Crippen LogP contribution in [-0.2, 0) is 49.1 Å². The van der Waals surface area contributed by atoms with Crippen molar-refractivity contribution in [2.75, 3.05) is 23.8 Å². The SMILES string of the molecule is CC1(C)CCC2(CC1)C[C@@H](C(=O)C[C@@H]1CC[C@@H](C(N)=O)OC1)[C@H](c1ccnc(Cl)c1F)[C@]21C(=O)Nc2cc(Cl)ncc21.CC1(C)CCC2(CC1)C[C@@H](C(=O)O)[C@H](c1ccnc(Cl)c1F)C21C(=O)Nc2cc(Cl)ncc21.Cl.NC(=O)[C@@H]1CC[C@@H](N)CO1. The number of primary amides is 2. The topological polar surface area (TPSA) is 295 Å². The largest absolute Gasteiger partial charge is 0.481 e. The van der Waals surface area contributed by atoms with E-state index in [1.165, 1.54) is 18.5 Å². The highest BCUT2D eigenvalue weighted by Gasteiger charge is 2.74. The van der Waals surface area contributed by atoms with Crippen molar-refractivity contribution in [3.8, 4) is 0 Å². The van der Waals surface area contributed by atoms with Crippen molar-refractivity contribution >= 4 is 106 Å². The molecule has 8 heterocycles. The number of carboxylic acid groups (broad SMARTS) is 1. The highest BCUT2D eigenvalue weighted by Crippen LogP contribution is 2.74. The molecule has 12 rings (SSSR count). The van der Waals surface area contributed by atoms with Crippen LogP contribution in [0.1, 0.15) is 158 Å². The summed E-state index contributed by atoms with van der Waals surface area (Å²) in [5.74, 6) is -7.67. The van der Waals surface area contributed by atoms with E-state index in [0.29, 0.717) is 80.5 Å². The Hall–Kier alpha value is -5.19. The molecule has 0 radical (unpaired) electrons. The molecule has 25 heteroatoms. The molecular weight excluding hydrogens is 1220 g/mol. The van der Waals surface area contributed by atoms with E-state index in [2.05, 4.69) is 58.3 Å². The van der Waals surface area contributed by atoms with Crippen LogP contribution in [0.5, 0.6) is 0 Å². The van der Waals surface area contributed by atoms with Gasteiger partial charge in [-0.25, -0.2) is 28.7 Å². The maximum Gasteiger partial charge on any atom is 0.307 e. The van der Waals surface area contributed by atoms with Gasteiger partial charge in [-0.1, -0.05) is 74.1 Å². The lowest BCUT2D eigenvalue weighted by atomic mass is 9.51. The summed E-state index contributed by atoms with van der Waals surface area (Å²) >= 11 is 24.6. The monoisotopic (exact) mass is 1290 g/mol. The maximum atomic E-state index is 16.0. The zero-order chi connectivity index (χ0) is 61.3. The number of nitrogens with zero attached hydrogens (tertiary/aromatic N) is 4. The molecule has 86 heavy (non-hydrogen) atoms. The van der Waals surface area contributed by atoms with E-state index in [4.69, 9.17) is 73.1 Å². The number of amides is 4. The molecule has 6 fully saturated rings. The summed E-state index contributed by atoms with van der Waals surface area (Å²) in [6.07, 6.45) is 14.4. The molecule has 464 valence electrons. The number of pyridine rings is 4. The first-order chi connectivity index (χ1) is 40.1. The molecule has 9 N–H and O–H groups in total. The molecule has 4 saturated carbocycles. The van der Waals surface area contributed by atoms with Gasteiger partial charge in [0, 0.05) is 77.5 Å². The smallest absolute Gasteiger partial charge is 0.307 e. The molecule has 4 aromatic rings. The number of nitrogens with one attached hydrogen (secondary N) is 2. The number of anilines is 2. The third-order valence-corrected chi connectivity index (χ3v) is 21.5. The third kappa shape index (κ3) is 11.4. The van der Waals surface area contributed by atoms with Crippen LogP contribution in [0.15, 0.2) is 49.1 Å². The zero-order valence-corrected chi connectivity index (χ0v) is 52.0. The fourth-order valence-electron chi connectivity index (χ4n) is 16.1. The average Bonchev–Trinajstić information content (AvgIpc) is 1.53. The summed E-state index contributed by atoms with van der Waals surface area (Å²) in [6.45, 7) is 9.49. The number of fused-ring (bicyclic) bond motifs is 6. The van der Waals surface area contributed by atoms with E-state index >= 15 is 8.78 Å². The van der Waals surface area contributed by atoms with E-state index in [-0.39, 0.29) is 110 Å². The minimum Gasteiger partial charge on any atom is -0.481 e. The van der Waals surface area contributed by atoms with Crippen molar-refractivity contribution in [3.63, 3.8) is 0 Å². The molecule has 18 nitrogen and oxygen atoms in total. The van der Waals surface area contributed by atoms with Gasteiger partial charge in [0.1, 0.15) is 28.3 Å². The molecule has 2 saturated heterocycles. The van der Waals surface area contributed by atoms with Crippen LogP contribution in [0.25, 0.3) is 0 Å². The van der Waals surface area contributed by atoms with Crippen LogP contribution < -0.4 is 27.8 Å². The number of ketones is 1. The molecule has 1 unspecified atom stereocenters. The lowest BCUT2D eigenvalue weighted by Crippen LogP contribution is -2.52. The first-order valence-corrected chi connectivity index (χ1v) is 30.5. The summed E-state index contributed by atoms with van der Waals surface area (Å²) in [5, 5.41) is 16.1. The Labute approximate surface area is 523 Å². The number of carbonyl (C=O) groups excluding carboxylic acids is 5. The molecule has 10 atom stereocenters. The van der Waals surface area contributed by atoms with Crippen LogP contribution >= 0.6 is 58.8 Å². The first-order valence-electron chi connectivity index (χ1n) is 29.0. The number of hydrogen-bond donors (Lipinski definition) is 6. The van der Waals surface area contributed by atoms with Gasteiger partial charge in [-0.05, 0) is 153 Å². The van der Waals surface area contributed by atoms with E-state index in [1.807, 2.05) is 0 Å². The molecule has 4 aliphatic carbocycles. The van der Waals surface area contributed by atoms with Gasteiger partial charge in [0.2, 0.25) is 23.6 Å². The van der Waals surface area contributed by atoms with Crippen molar-refractivity contribution < 1.29 is 52.1 Å². The predicted octanol–water partition coefficient (Wildman–Crippen LogP) is 10.7. The van der Waals surface area contributed by atoms with Gasteiger partial charge in [-0.3, -0.25) is 28.8 Å². The van der Waals surface area contributed by atoms with E-state index in [9.17, 15) is 33.9 Å². The Balaban J connectivity index is 0.000000178. The molecule has 8 aliphatic rings. The minimum atomic E-state index is -1.31. The zero-order valence-electron chi connectivity index (χ0n) is 48.2. The highest BCUT2D eigenvalue weighted by atomic mass is 35.5. The Morgan fingerprint density at radius 3 is 1.45 bits per heavy atom. The van der Waals surface area contributed by atoms with Gasteiger partial charge in [0.15, 0.2) is 21.9 Å². The summed E-state index contributed by atoms with van der Waals surface area (Å²) in [5.41, 5.74) is 14.8. The van der Waals surface area contributed by atoms with Crippen molar-refractivity contribution in [2.45, 2.75) is 165 Å². The lowest BCUT2D eigenvalue weighted by molar-refractivity contribution is -0.142. The number of nitrogens with two attached hydrogens (primary N) is 3. The van der Waals surface area contributed by atoms with Crippen molar-refractivity contribution in [1.29, 1.82) is 0 Å². The number of carboxylic acids is 1. The van der Waals surface area contributed by atoms with Crippen molar-refractivity contribution in [2.24, 2.45) is 56.6 Å². The van der Waals surface area contributed by atoms with Gasteiger partial charge in [0.25, 0.3) is 0 Å². The van der Waals surface area contributed by atoms with E-state index < -0.39 is 81.1 Å². The van der Waals surface area contributed by atoms with Crippen LogP contribution in [0, 0.1) is 51.0 Å². The van der Waals surface area contributed by atoms with Gasteiger partial charge in [0.05, 0.1) is 30.0 Å². The molecule has 0 bridgehead atoms. The summed E-state index contributed by atoms with van der Waals surface area (Å²) in [4.78, 5) is 94.0. The van der Waals surface area contributed by atoms with Gasteiger partial charge < -0.3 is 42.4 Å². The molecular formula is C61H72Cl5F2N9O9. The standard InChI is InChI=1S/C31H35Cl2FN4O4.C24H24Cl2FN3O3.C6H12N2O2.ClH/c1-29(2)6-8-30(9-7-29)13-18(21(39)11-16-3-4-22(27(35)40)42-15-16)24(17-5-10-36-26(33)25(17)34)31(30)19-14-37-23(32)12-20(19)38-28(31)41;1-22(2)4-6-23(7-5-22)10-13(20(31)32)17(12-3-8-28-19(26)18(12)27)24(23)14-11-29-16(25)9-15(14)30-21(24)33;7-4-1-2-5(6(8)9)10-3-4;/h5,10,12,14,16,18,22,24H,3-4,6-9,11,13,15H2,1-2H3,(H2,35,40)(H,38,41);3,8-9,11,13,17H,4-7,10H2,1-2H3,(H,30,33)(H,31,32);4-5H,1-3,7H2,(H2,8,9);1H/t16-,18-,22-,24-,31+;13-,17+,24?;4-,5+;/m011./s1. The number of ether oxygens (including phenoxy) is 2. The van der Waals surface area contributed by atoms with Crippen LogP contribution in [0.4, 0.5) is 20.2 Å². The Kier molecular flexibility index (Phi) is 18.7. The van der Waals surface area contributed by atoms with Crippen LogP contribution in [-0.4, -0.2) is 91.9 Å². The maximum absolute atomic E-state index is 16.0. The van der Waals surface area contributed by atoms with Crippen molar-refractivity contribution in [3.05, 3.63) is 104 Å². The lowest BCUT2D eigenvalue weighted by Gasteiger charge is -2.50. The quantitative estimate of drug-likeness (QED) is 0.0895. The Bertz CT molecular complexity index is 3330. The summed E-state index contributed by atoms with van der Waals surface area (Å²) in [7, 11) is 0. The second-order valence-corrected chi connectivity index (χ2v) is 27.8. The Morgan fingerprint density at radius 1 is 0.640 bits per heavy atom. The number of hydrogen-bond acceptors (Lipinski definition) is 13. The fraction of sp³-hybridized carbons (Fsp3) is 0.574.